The lowest BCUT2D eigenvalue weighted by atomic mass is 10.1. The molecule has 2 rings (SSSR count). The van der Waals surface area contributed by atoms with Gasteiger partial charge in [-0.25, -0.2) is 0 Å². The maximum absolute atomic E-state index is 12.4. The van der Waals surface area contributed by atoms with E-state index in [2.05, 4.69) is 5.32 Å². The van der Waals surface area contributed by atoms with Gasteiger partial charge in [0.1, 0.15) is 5.92 Å². The Bertz CT molecular complexity index is 565. The zero-order chi connectivity index (χ0) is 15.6. The molecule has 1 aromatic rings. The first-order chi connectivity index (χ1) is 9.93. The summed E-state index contributed by atoms with van der Waals surface area (Å²) in [4.78, 5) is 26.0. The highest BCUT2D eigenvalue weighted by molar-refractivity contribution is 6.36. The average Bonchev–Trinajstić information content (AvgIpc) is 2.83. The van der Waals surface area contributed by atoms with Gasteiger partial charge in [0.2, 0.25) is 11.8 Å². The molecule has 0 aliphatic carbocycles. The van der Waals surface area contributed by atoms with E-state index >= 15 is 0 Å². The summed E-state index contributed by atoms with van der Waals surface area (Å²) in [5.41, 5.74) is 6.00. The van der Waals surface area contributed by atoms with Gasteiger partial charge in [-0.3, -0.25) is 9.59 Å². The molecule has 0 saturated carbocycles. The maximum atomic E-state index is 12.4. The van der Waals surface area contributed by atoms with Crippen molar-refractivity contribution in [2.24, 2.45) is 11.7 Å². The molecule has 7 heteroatoms. The van der Waals surface area contributed by atoms with Crippen LogP contribution in [-0.4, -0.2) is 30.9 Å². The van der Waals surface area contributed by atoms with Gasteiger partial charge >= 0.3 is 0 Å². The normalized spacial score (nSPS) is 19.7. The summed E-state index contributed by atoms with van der Waals surface area (Å²) in [6.07, 6.45) is 0.449. The first kappa shape index (κ1) is 16.1. The molecular weight excluding hydrogens is 313 g/mol. The third-order valence-electron chi connectivity index (χ3n) is 3.46. The smallest absolute Gasteiger partial charge is 0.239 e. The molecule has 1 heterocycles. The lowest BCUT2D eigenvalue weighted by molar-refractivity contribution is -0.132. The van der Waals surface area contributed by atoms with E-state index in [1.165, 1.54) is 4.90 Å². The van der Waals surface area contributed by atoms with Gasteiger partial charge in [0, 0.05) is 24.2 Å². The number of carbonyl (C=O) groups excluding carboxylic acids is 2. The second kappa shape index (κ2) is 6.64. The summed E-state index contributed by atoms with van der Waals surface area (Å²) in [5, 5.41) is 3.66. The standard InChI is InChI=1S/C14H17Cl2N3O2/c1-8(7-17)18-13(20)10-4-5-19(14(10)21)12-6-9(15)2-3-11(12)16/h2-3,6,8,10H,4-5,7,17H2,1H3,(H,18,20)/t8-,10?/m0/s1. The molecule has 114 valence electrons. The largest absolute Gasteiger partial charge is 0.352 e. The van der Waals surface area contributed by atoms with E-state index in [4.69, 9.17) is 28.9 Å². The van der Waals surface area contributed by atoms with Crippen molar-refractivity contribution in [1.82, 2.24) is 5.32 Å². The van der Waals surface area contributed by atoms with Gasteiger partial charge in [0.05, 0.1) is 10.7 Å². The van der Waals surface area contributed by atoms with Crippen molar-refractivity contribution in [3.63, 3.8) is 0 Å². The molecule has 1 fully saturated rings. The van der Waals surface area contributed by atoms with Gasteiger partial charge in [-0.2, -0.15) is 0 Å². The number of nitrogens with zero attached hydrogens (tertiary/aromatic N) is 1. The molecular formula is C14H17Cl2N3O2. The van der Waals surface area contributed by atoms with Gasteiger partial charge in [-0.05, 0) is 31.5 Å². The molecule has 3 N–H and O–H groups in total. The van der Waals surface area contributed by atoms with E-state index in [9.17, 15) is 9.59 Å². The average molecular weight is 330 g/mol. The quantitative estimate of drug-likeness (QED) is 0.827. The Morgan fingerprint density at radius 1 is 1.52 bits per heavy atom. The van der Waals surface area contributed by atoms with E-state index in [-0.39, 0.29) is 17.9 Å². The van der Waals surface area contributed by atoms with Crippen LogP contribution in [0.25, 0.3) is 0 Å². The molecule has 0 aromatic heterocycles. The molecule has 1 unspecified atom stereocenters. The number of hydrogen-bond donors (Lipinski definition) is 2. The number of carbonyl (C=O) groups is 2. The summed E-state index contributed by atoms with van der Waals surface area (Å²) >= 11 is 12.0. The van der Waals surface area contributed by atoms with Crippen molar-refractivity contribution in [3.8, 4) is 0 Å². The number of benzene rings is 1. The highest BCUT2D eigenvalue weighted by Crippen LogP contribution is 2.33. The molecule has 1 aliphatic rings. The Morgan fingerprint density at radius 2 is 2.24 bits per heavy atom. The topological polar surface area (TPSA) is 75.4 Å². The summed E-state index contributed by atoms with van der Waals surface area (Å²) in [6, 6.07) is 4.76. The number of nitrogens with two attached hydrogens (primary N) is 1. The van der Waals surface area contributed by atoms with Gasteiger partial charge in [-0.15, -0.1) is 0 Å². The number of anilines is 1. The predicted octanol–water partition coefficient (Wildman–Crippen LogP) is 1.81. The Morgan fingerprint density at radius 3 is 2.90 bits per heavy atom. The van der Waals surface area contributed by atoms with Crippen LogP contribution in [0.5, 0.6) is 0 Å². The summed E-state index contributed by atoms with van der Waals surface area (Å²) < 4.78 is 0. The van der Waals surface area contributed by atoms with Crippen LogP contribution in [0.3, 0.4) is 0 Å². The minimum atomic E-state index is -0.700. The Balaban J connectivity index is 2.14. The SMILES string of the molecule is C[C@@H](CN)NC(=O)C1CCN(c2cc(Cl)ccc2Cl)C1=O. The number of amides is 2. The molecule has 1 saturated heterocycles. The zero-order valence-corrected chi connectivity index (χ0v) is 13.1. The molecule has 2 atom stereocenters. The highest BCUT2D eigenvalue weighted by Gasteiger charge is 2.38. The molecule has 0 spiro atoms. The highest BCUT2D eigenvalue weighted by atomic mass is 35.5. The van der Waals surface area contributed by atoms with Crippen molar-refractivity contribution < 1.29 is 9.59 Å². The fraction of sp³-hybridized carbons (Fsp3) is 0.429. The lowest BCUT2D eigenvalue weighted by Gasteiger charge is -2.19. The molecule has 0 bridgehead atoms. The van der Waals surface area contributed by atoms with Crippen LogP contribution in [0.15, 0.2) is 18.2 Å². The predicted molar refractivity (Wildman–Crippen MR) is 83.6 cm³/mol. The first-order valence-electron chi connectivity index (χ1n) is 6.71. The van der Waals surface area contributed by atoms with Crippen molar-refractivity contribution in [1.29, 1.82) is 0 Å². The monoisotopic (exact) mass is 329 g/mol. The van der Waals surface area contributed by atoms with Crippen LogP contribution in [0.1, 0.15) is 13.3 Å². The molecule has 1 aromatic carbocycles. The Labute approximate surface area is 133 Å². The molecule has 5 nitrogen and oxygen atoms in total. The minimum Gasteiger partial charge on any atom is -0.352 e. The van der Waals surface area contributed by atoms with Crippen molar-refractivity contribution in [2.45, 2.75) is 19.4 Å². The number of hydrogen-bond acceptors (Lipinski definition) is 3. The Hall–Kier alpha value is -1.30. The second-order valence-electron chi connectivity index (χ2n) is 5.07. The number of nitrogens with one attached hydrogen (secondary N) is 1. The van der Waals surface area contributed by atoms with Gasteiger partial charge in [0.25, 0.3) is 0 Å². The van der Waals surface area contributed by atoms with E-state index in [0.717, 1.165) is 0 Å². The third kappa shape index (κ3) is 3.48. The summed E-state index contributed by atoms with van der Waals surface area (Å²) in [7, 11) is 0. The fourth-order valence-corrected chi connectivity index (χ4v) is 2.64. The number of rotatable bonds is 4. The fourth-order valence-electron chi connectivity index (χ4n) is 2.26. The van der Waals surface area contributed by atoms with Gasteiger partial charge in [-0.1, -0.05) is 23.2 Å². The molecule has 21 heavy (non-hydrogen) atoms. The second-order valence-corrected chi connectivity index (χ2v) is 5.92. The summed E-state index contributed by atoms with van der Waals surface area (Å²) in [6.45, 7) is 2.56. The van der Waals surface area contributed by atoms with Crippen LogP contribution in [-0.2, 0) is 9.59 Å². The maximum Gasteiger partial charge on any atom is 0.239 e. The molecule has 2 amide bonds. The van der Waals surface area contributed by atoms with Crippen molar-refractivity contribution in [3.05, 3.63) is 28.2 Å². The molecule has 0 radical (unpaired) electrons. The summed E-state index contributed by atoms with van der Waals surface area (Å²) in [5.74, 6) is -1.26. The first-order valence-corrected chi connectivity index (χ1v) is 7.46. The van der Waals surface area contributed by atoms with Crippen LogP contribution < -0.4 is 16.0 Å². The van der Waals surface area contributed by atoms with E-state index in [1.54, 1.807) is 25.1 Å². The minimum absolute atomic E-state index is 0.158. The van der Waals surface area contributed by atoms with Crippen LogP contribution in [0.2, 0.25) is 10.0 Å². The third-order valence-corrected chi connectivity index (χ3v) is 4.02. The zero-order valence-electron chi connectivity index (χ0n) is 11.6. The van der Waals surface area contributed by atoms with E-state index in [1.807, 2.05) is 0 Å². The van der Waals surface area contributed by atoms with Crippen molar-refractivity contribution in [2.75, 3.05) is 18.0 Å². The Kier molecular flexibility index (Phi) is 5.08. The van der Waals surface area contributed by atoms with Crippen LogP contribution >= 0.6 is 23.2 Å². The van der Waals surface area contributed by atoms with Crippen LogP contribution in [0.4, 0.5) is 5.69 Å². The van der Waals surface area contributed by atoms with E-state index < -0.39 is 5.92 Å². The van der Waals surface area contributed by atoms with Crippen molar-refractivity contribution >= 4 is 40.7 Å². The van der Waals surface area contributed by atoms with Crippen LogP contribution in [0, 0.1) is 5.92 Å². The van der Waals surface area contributed by atoms with E-state index in [0.29, 0.717) is 35.2 Å². The van der Waals surface area contributed by atoms with Gasteiger partial charge < -0.3 is 16.0 Å². The lowest BCUT2D eigenvalue weighted by Crippen LogP contribution is -2.43. The molecule has 1 aliphatic heterocycles. The van der Waals surface area contributed by atoms with Gasteiger partial charge in [0.15, 0.2) is 0 Å². The number of halogens is 2.